The van der Waals surface area contributed by atoms with Crippen molar-refractivity contribution in [2.45, 2.75) is 12.5 Å². The van der Waals surface area contributed by atoms with Gasteiger partial charge in [0.15, 0.2) is 0 Å². The molecule has 0 aliphatic heterocycles. The van der Waals surface area contributed by atoms with Gasteiger partial charge in [-0.25, -0.2) is 0 Å². The number of nitrogens with two attached hydrogens (primary N) is 1. The highest BCUT2D eigenvalue weighted by molar-refractivity contribution is 5.84. The first-order chi connectivity index (χ1) is 9.68. The lowest BCUT2D eigenvalue weighted by molar-refractivity contribution is -0.138. The Kier molecular flexibility index (Phi) is 4.57. The van der Waals surface area contributed by atoms with E-state index in [1.54, 1.807) is 0 Å². The van der Waals surface area contributed by atoms with Gasteiger partial charge in [0.1, 0.15) is 6.04 Å². The number of aromatic amines is 2. The fourth-order valence-electron chi connectivity index (χ4n) is 1.90. The molecule has 5 nitrogen and oxygen atoms in total. The Bertz CT molecular complexity index is 641. The summed E-state index contributed by atoms with van der Waals surface area (Å²) in [6.45, 7) is 0. The molecule has 20 heavy (non-hydrogen) atoms. The quantitative estimate of drug-likeness (QED) is 0.587. The number of H-pyrrole nitrogens is 2. The number of carbonyl (C=O) groups is 1. The number of hydrogen-bond donors (Lipinski definition) is 4. The van der Waals surface area contributed by atoms with Crippen molar-refractivity contribution < 1.29 is 9.90 Å². The monoisotopic (exact) mass is 271 g/mol. The van der Waals surface area contributed by atoms with Crippen LogP contribution in [0.25, 0.3) is 10.9 Å². The standard InChI is InChI=1S/C11H12N2O2.C4H5N/c12-9(11(14)15)5-7-6-13-10-4-2-1-3-8(7)10;1-2-4-5-3-1/h1-4,6,9,13H,5,12H2,(H,14,15);1-5H. The summed E-state index contributed by atoms with van der Waals surface area (Å²) in [7, 11) is 0. The molecule has 0 spiro atoms. The molecule has 5 N–H and O–H groups in total. The van der Waals surface area contributed by atoms with E-state index in [-0.39, 0.29) is 0 Å². The first-order valence-electron chi connectivity index (χ1n) is 6.29. The van der Waals surface area contributed by atoms with Crippen LogP contribution in [0.4, 0.5) is 0 Å². The molecule has 5 heteroatoms. The Hall–Kier alpha value is -2.53. The number of fused-ring (bicyclic) bond motifs is 1. The maximum Gasteiger partial charge on any atom is 0.320 e. The molecule has 0 saturated carbocycles. The van der Waals surface area contributed by atoms with E-state index in [1.807, 2.05) is 55.0 Å². The highest BCUT2D eigenvalue weighted by Gasteiger charge is 2.14. The van der Waals surface area contributed by atoms with Crippen molar-refractivity contribution in [3.05, 3.63) is 60.6 Å². The topological polar surface area (TPSA) is 94.9 Å². The SMILES string of the molecule is NC(Cc1c[nH]c2ccccc12)C(=O)O.c1cc[nH]c1. The highest BCUT2D eigenvalue weighted by Crippen LogP contribution is 2.18. The minimum atomic E-state index is -0.972. The lowest BCUT2D eigenvalue weighted by Crippen LogP contribution is -2.32. The van der Waals surface area contributed by atoms with Gasteiger partial charge in [-0.2, -0.15) is 0 Å². The maximum absolute atomic E-state index is 10.6. The van der Waals surface area contributed by atoms with Crippen LogP contribution in [0.3, 0.4) is 0 Å². The second kappa shape index (κ2) is 6.58. The molecule has 3 rings (SSSR count). The van der Waals surface area contributed by atoms with Crippen LogP contribution in [-0.2, 0) is 11.2 Å². The summed E-state index contributed by atoms with van der Waals surface area (Å²) in [5, 5.41) is 9.75. The molecular formula is C15H17N3O2. The zero-order valence-corrected chi connectivity index (χ0v) is 10.9. The summed E-state index contributed by atoms with van der Waals surface area (Å²) in [5.74, 6) is -0.972. The molecule has 1 unspecified atom stereocenters. The first-order valence-corrected chi connectivity index (χ1v) is 6.29. The second-order valence-corrected chi connectivity index (χ2v) is 4.39. The largest absolute Gasteiger partial charge is 0.480 e. The Morgan fingerprint density at radius 3 is 2.50 bits per heavy atom. The van der Waals surface area contributed by atoms with Crippen molar-refractivity contribution in [2.24, 2.45) is 5.73 Å². The van der Waals surface area contributed by atoms with Gasteiger partial charge in [-0.3, -0.25) is 4.79 Å². The van der Waals surface area contributed by atoms with Crippen LogP contribution in [0, 0.1) is 0 Å². The number of benzene rings is 1. The smallest absolute Gasteiger partial charge is 0.320 e. The van der Waals surface area contributed by atoms with Crippen molar-refractivity contribution in [3.63, 3.8) is 0 Å². The van der Waals surface area contributed by atoms with Crippen LogP contribution < -0.4 is 5.73 Å². The van der Waals surface area contributed by atoms with Crippen molar-refractivity contribution in [1.29, 1.82) is 0 Å². The summed E-state index contributed by atoms with van der Waals surface area (Å²) in [5.41, 5.74) is 7.43. The fraction of sp³-hybridized carbons (Fsp3) is 0.133. The number of hydrogen-bond acceptors (Lipinski definition) is 2. The van der Waals surface area contributed by atoms with Crippen molar-refractivity contribution in [2.75, 3.05) is 0 Å². The fourth-order valence-corrected chi connectivity index (χ4v) is 1.90. The van der Waals surface area contributed by atoms with Gasteiger partial charge in [-0.15, -0.1) is 0 Å². The number of carboxylic acid groups (broad SMARTS) is 1. The molecule has 0 aliphatic rings. The van der Waals surface area contributed by atoms with Crippen molar-refractivity contribution >= 4 is 16.9 Å². The molecule has 0 bridgehead atoms. The lowest BCUT2D eigenvalue weighted by atomic mass is 10.1. The van der Waals surface area contributed by atoms with Crippen molar-refractivity contribution in [3.8, 4) is 0 Å². The average molecular weight is 271 g/mol. The summed E-state index contributed by atoms with van der Waals surface area (Å²) in [6.07, 6.45) is 5.91. The summed E-state index contributed by atoms with van der Waals surface area (Å²) >= 11 is 0. The van der Waals surface area contributed by atoms with Gasteiger partial charge in [-0.05, 0) is 23.8 Å². The Labute approximate surface area is 116 Å². The molecule has 1 atom stereocenters. The molecule has 0 saturated heterocycles. The Morgan fingerprint density at radius 2 is 1.90 bits per heavy atom. The van der Waals surface area contributed by atoms with E-state index in [4.69, 9.17) is 10.8 Å². The Morgan fingerprint density at radius 1 is 1.20 bits per heavy atom. The predicted octanol–water partition coefficient (Wildman–Crippen LogP) is 2.14. The average Bonchev–Trinajstić information content (AvgIpc) is 3.12. The highest BCUT2D eigenvalue weighted by atomic mass is 16.4. The van der Waals surface area contributed by atoms with E-state index in [1.165, 1.54) is 0 Å². The van der Waals surface area contributed by atoms with E-state index in [0.29, 0.717) is 6.42 Å². The summed E-state index contributed by atoms with van der Waals surface area (Å²) < 4.78 is 0. The molecule has 0 fully saturated rings. The number of para-hydroxylation sites is 1. The minimum absolute atomic E-state index is 0.347. The molecular weight excluding hydrogens is 254 g/mol. The van der Waals surface area contributed by atoms with Crippen LogP contribution in [0.1, 0.15) is 5.56 Å². The molecule has 0 amide bonds. The number of nitrogens with one attached hydrogen (secondary N) is 2. The van der Waals surface area contributed by atoms with Gasteiger partial charge in [-0.1, -0.05) is 18.2 Å². The van der Waals surface area contributed by atoms with Crippen LogP contribution in [0.15, 0.2) is 55.0 Å². The van der Waals surface area contributed by atoms with Gasteiger partial charge >= 0.3 is 5.97 Å². The Balaban J connectivity index is 0.000000247. The molecule has 104 valence electrons. The first kappa shape index (κ1) is 13.9. The van der Waals surface area contributed by atoms with Gasteiger partial charge in [0.05, 0.1) is 0 Å². The van der Waals surface area contributed by atoms with E-state index < -0.39 is 12.0 Å². The molecule has 0 aliphatic carbocycles. The van der Waals surface area contributed by atoms with E-state index >= 15 is 0 Å². The summed E-state index contributed by atoms with van der Waals surface area (Å²) in [4.78, 5) is 16.6. The van der Waals surface area contributed by atoms with Crippen LogP contribution >= 0.6 is 0 Å². The molecule has 1 aromatic carbocycles. The number of aromatic nitrogens is 2. The van der Waals surface area contributed by atoms with Crippen LogP contribution in [-0.4, -0.2) is 27.1 Å². The van der Waals surface area contributed by atoms with Crippen molar-refractivity contribution in [1.82, 2.24) is 9.97 Å². The third kappa shape index (κ3) is 3.49. The second-order valence-electron chi connectivity index (χ2n) is 4.39. The number of aliphatic carboxylic acids is 1. The maximum atomic E-state index is 10.6. The molecule has 0 radical (unpaired) electrons. The zero-order valence-electron chi connectivity index (χ0n) is 10.9. The van der Waals surface area contributed by atoms with Gasteiger partial charge < -0.3 is 20.8 Å². The van der Waals surface area contributed by atoms with Crippen LogP contribution in [0.2, 0.25) is 0 Å². The van der Waals surface area contributed by atoms with Crippen LogP contribution in [0.5, 0.6) is 0 Å². The zero-order chi connectivity index (χ0) is 14.4. The van der Waals surface area contributed by atoms with E-state index in [9.17, 15) is 4.79 Å². The number of rotatable bonds is 3. The molecule has 2 aromatic heterocycles. The predicted molar refractivity (Wildman–Crippen MR) is 78.4 cm³/mol. The molecule has 2 heterocycles. The third-order valence-electron chi connectivity index (χ3n) is 2.93. The van der Waals surface area contributed by atoms with Gasteiger partial charge in [0.25, 0.3) is 0 Å². The van der Waals surface area contributed by atoms with E-state index in [0.717, 1.165) is 16.5 Å². The normalized spacial score (nSPS) is 11.7. The lowest BCUT2D eigenvalue weighted by Gasteiger charge is -2.04. The minimum Gasteiger partial charge on any atom is -0.480 e. The summed E-state index contributed by atoms with van der Waals surface area (Å²) in [6, 6.07) is 10.8. The van der Waals surface area contributed by atoms with E-state index in [2.05, 4.69) is 9.97 Å². The molecule has 3 aromatic rings. The van der Waals surface area contributed by atoms with Gasteiger partial charge in [0.2, 0.25) is 0 Å². The van der Waals surface area contributed by atoms with Gasteiger partial charge in [0, 0.05) is 35.9 Å². The third-order valence-corrected chi connectivity index (χ3v) is 2.93. The number of carboxylic acids is 1.